The number of nitrogens with two attached hydrogens (primary N) is 1. The summed E-state index contributed by atoms with van der Waals surface area (Å²) in [6.07, 6.45) is 6.25. The van der Waals surface area contributed by atoms with Crippen molar-refractivity contribution < 1.29 is 0 Å². The minimum absolute atomic E-state index is 0.0104. The molecule has 0 radical (unpaired) electrons. The van der Waals surface area contributed by atoms with E-state index in [9.17, 15) is 0 Å². The van der Waals surface area contributed by atoms with E-state index in [1.54, 1.807) is 0 Å². The maximum absolute atomic E-state index is 6.31. The van der Waals surface area contributed by atoms with Crippen molar-refractivity contribution in [2.24, 2.45) is 5.73 Å². The Kier molecular flexibility index (Phi) is 2.40. The van der Waals surface area contributed by atoms with Crippen LogP contribution < -0.4 is 10.6 Å². The van der Waals surface area contributed by atoms with Gasteiger partial charge in [0.15, 0.2) is 0 Å². The Morgan fingerprint density at radius 3 is 2.06 bits per heavy atom. The first-order valence-electron chi connectivity index (χ1n) is 6.42. The van der Waals surface area contributed by atoms with E-state index in [-0.39, 0.29) is 5.54 Å². The number of benzene rings is 1. The second-order valence-electron chi connectivity index (χ2n) is 5.25. The van der Waals surface area contributed by atoms with Crippen molar-refractivity contribution >= 4 is 5.69 Å². The molecular formula is C14H20N2. The smallest absolute Gasteiger partial charge is 0.0409 e. The van der Waals surface area contributed by atoms with Crippen molar-refractivity contribution in [1.82, 2.24) is 0 Å². The number of hydrogen-bond acceptors (Lipinski definition) is 2. The third-order valence-electron chi connectivity index (χ3n) is 4.16. The molecule has 1 aliphatic carbocycles. The molecule has 1 heterocycles. The van der Waals surface area contributed by atoms with Gasteiger partial charge in [-0.25, -0.2) is 0 Å². The average Bonchev–Trinajstić information content (AvgIpc) is 2.80. The molecule has 2 heteroatoms. The fraction of sp³-hybridized carbons (Fsp3) is 0.571. The maximum atomic E-state index is 6.31. The molecule has 1 aromatic carbocycles. The number of rotatable bonds is 2. The molecule has 0 spiro atoms. The molecule has 2 nitrogen and oxygen atoms in total. The first kappa shape index (κ1) is 10.2. The van der Waals surface area contributed by atoms with E-state index >= 15 is 0 Å². The van der Waals surface area contributed by atoms with Crippen LogP contribution in [0.4, 0.5) is 5.69 Å². The van der Waals surface area contributed by atoms with Gasteiger partial charge in [0.2, 0.25) is 0 Å². The van der Waals surface area contributed by atoms with Crippen molar-refractivity contribution in [3.8, 4) is 0 Å². The van der Waals surface area contributed by atoms with Crippen molar-refractivity contribution in [3.63, 3.8) is 0 Å². The predicted octanol–water partition coefficient (Wildman–Crippen LogP) is 2.62. The fourth-order valence-corrected chi connectivity index (χ4v) is 2.83. The predicted molar refractivity (Wildman–Crippen MR) is 67.6 cm³/mol. The van der Waals surface area contributed by atoms with Crippen LogP contribution in [0.2, 0.25) is 0 Å². The van der Waals surface area contributed by atoms with E-state index in [0.29, 0.717) is 0 Å². The molecule has 1 aliphatic heterocycles. The van der Waals surface area contributed by atoms with Gasteiger partial charge in [-0.05, 0) is 49.8 Å². The minimum atomic E-state index is -0.0104. The van der Waals surface area contributed by atoms with Gasteiger partial charge in [-0.15, -0.1) is 0 Å². The van der Waals surface area contributed by atoms with Crippen LogP contribution in [-0.2, 0) is 5.54 Å². The van der Waals surface area contributed by atoms with Crippen LogP contribution in [0.15, 0.2) is 24.3 Å². The number of hydrogen-bond donors (Lipinski definition) is 1. The Hall–Kier alpha value is -1.02. The second-order valence-corrected chi connectivity index (χ2v) is 5.25. The van der Waals surface area contributed by atoms with E-state index < -0.39 is 0 Å². The van der Waals surface area contributed by atoms with Gasteiger partial charge in [0.25, 0.3) is 0 Å². The van der Waals surface area contributed by atoms with Crippen LogP contribution in [0.1, 0.15) is 37.7 Å². The van der Waals surface area contributed by atoms with Crippen LogP contribution in [-0.4, -0.2) is 13.1 Å². The molecule has 3 rings (SSSR count). The van der Waals surface area contributed by atoms with E-state index in [1.807, 2.05) is 0 Å². The first-order chi connectivity index (χ1) is 7.78. The summed E-state index contributed by atoms with van der Waals surface area (Å²) in [4.78, 5) is 2.47. The van der Waals surface area contributed by atoms with Gasteiger partial charge in [0.1, 0.15) is 0 Å². The van der Waals surface area contributed by atoms with Crippen LogP contribution in [0.25, 0.3) is 0 Å². The molecule has 0 bridgehead atoms. The molecule has 0 atom stereocenters. The summed E-state index contributed by atoms with van der Waals surface area (Å²) in [7, 11) is 0. The molecule has 0 aromatic heterocycles. The van der Waals surface area contributed by atoms with E-state index in [4.69, 9.17) is 5.73 Å². The monoisotopic (exact) mass is 216 g/mol. The van der Waals surface area contributed by atoms with Gasteiger partial charge < -0.3 is 10.6 Å². The largest absolute Gasteiger partial charge is 0.372 e. The molecule has 2 fully saturated rings. The fourth-order valence-electron chi connectivity index (χ4n) is 2.83. The summed E-state index contributed by atoms with van der Waals surface area (Å²) in [6.45, 7) is 2.43. The summed E-state index contributed by atoms with van der Waals surface area (Å²) >= 11 is 0. The Morgan fingerprint density at radius 1 is 0.938 bits per heavy atom. The normalized spacial score (nSPS) is 23.2. The highest BCUT2D eigenvalue weighted by molar-refractivity contribution is 5.49. The maximum Gasteiger partial charge on any atom is 0.0409 e. The van der Waals surface area contributed by atoms with Crippen LogP contribution in [0, 0.1) is 0 Å². The van der Waals surface area contributed by atoms with Gasteiger partial charge in [-0.1, -0.05) is 12.1 Å². The van der Waals surface area contributed by atoms with Gasteiger partial charge in [0, 0.05) is 24.3 Å². The van der Waals surface area contributed by atoms with Crippen LogP contribution >= 0.6 is 0 Å². The lowest BCUT2D eigenvalue weighted by molar-refractivity contribution is 0.253. The summed E-state index contributed by atoms with van der Waals surface area (Å²) in [5, 5.41) is 0. The molecule has 1 saturated carbocycles. The Labute approximate surface area is 97.4 Å². The van der Waals surface area contributed by atoms with Crippen molar-refractivity contribution in [1.29, 1.82) is 0 Å². The van der Waals surface area contributed by atoms with Crippen LogP contribution in [0.5, 0.6) is 0 Å². The molecule has 86 valence electrons. The first-order valence-corrected chi connectivity index (χ1v) is 6.42. The summed E-state index contributed by atoms with van der Waals surface area (Å²) < 4.78 is 0. The standard InChI is InChI=1S/C14H20N2/c15-14(8-3-9-14)12-4-6-13(7-5-12)16-10-1-2-11-16/h4-7H,1-3,8-11,15H2. The van der Waals surface area contributed by atoms with Gasteiger partial charge in [-0.2, -0.15) is 0 Å². The molecular weight excluding hydrogens is 196 g/mol. The molecule has 16 heavy (non-hydrogen) atoms. The highest BCUT2D eigenvalue weighted by atomic mass is 15.1. The van der Waals surface area contributed by atoms with Crippen molar-refractivity contribution in [2.75, 3.05) is 18.0 Å². The van der Waals surface area contributed by atoms with Gasteiger partial charge >= 0.3 is 0 Å². The minimum Gasteiger partial charge on any atom is -0.372 e. The molecule has 1 aromatic rings. The van der Waals surface area contributed by atoms with E-state index in [1.165, 1.54) is 43.6 Å². The van der Waals surface area contributed by atoms with Gasteiger partial charge in [0.05, 0.1) is 0 Å². The summed E-state index contributed by atoms with van der Waals surface area (Å²) in [6, 6.07) is 8.95. The number of nitrogens with zero attached hydrogens (tertiary/aromatic N) is 1. The van der Waals surface area contributed by atoms with Gasteiger partial charge in [-0.3, -0.25) is 0 Å². The highest BCUT2D eigenvalue weighted by Gasteiger charge is 2.34. The Balaban J connectivity index is 1.79. The second kappa shape index (κ2) is 3.77. The molecule has 0 amide bonds. The van der Waals surface area contributed by atoms with E-state index in [0.717, 1.165) is 12.8 Å². The Bertz CT molecular complexity index is 359. The zero-order chi connectivity index (χ0) is 11.0. The molecule has 1 saturated heterocycles. The third-order valence-corrected chi connectivity index (χ3v) is 4.16. The topological polar surface area (TPSA) is 29.3 Å². The lowest BCUT2D eigenvalue weighted by atomic mass is 9.73. The van der Waals surface area contributed by atoms with Crippen molar-refractivity contribution in [2.45, 2.75) is 37.6 Å². The summed E-state index contributed by atoms with van der Waals surface area (Å²) in [5.74, 6) is 0. The summed E-state index contributed by atoms with van der Waals surface area (Å²) in [5.41, 5.74) is 8.99. The highest BCUT2D eigenvalue weighted by Crippen LogP contribution is 2.39. The molecule has 0 unspecified atom stereocenters. The molecule has 2 N–H and O–H groups in total. The average molecular weight is 216 g/mol. The quantitative estimate of drug-likeness (QED) is 0.823. The third kappa shape index (κ3) is 1.61. The zero-order valence-electron chi connectivity index (χ0n) is 9.78. The zero-order valence-corrected chi connectivity index (χ0v) is 9.78. The van der Waals surface area contributed by atoms with Crippen LogP contribution in [0.3, 0.4) is 0 Å². The van der Waals surface area contributed by atoms with E-state index in [2.05, 4.69) is 29.2 Å². The molecule has 2 aliphatic rings. The number of anilines is 1. The SMILES string of the molecule is NC1(c2ccc(N3CCCC3)cc2)CCC1. The lowest BCUT2D eigenvalue weighted by Gasteiger charge is -2.38. The lowest BCUT2D eigenvalue weighted by Crippen LogP contribution is -2.43. The van der Waals surface area contributed by atoms with Crippen molar-refractivity contribution in [3.05, 3.63) is 29.8 Å². The Morgan fingerprint density at radius 2 is 1.56 bits per heavy atom.